The molecule has 2 fully saturated rings. The van der Waals surface area contributed by atoms with Crippen LogP contribution in [0.15, 0.2) is 6.33 Å². The molecular weight excluding hydrogens is 651 g/mol. The van der Waals surface area contributed by atoms with Crippen LogP contribution in [0.1, 0.15) is 54.7 Å². The average Bonchev–Trinajstić information content (AvgIpc) is 3.54. The number of hydrogen-bond acceptors (Lipinski definition) is 15. The number of ether oxygens (including phenoxy) is 4. The van der Waals surface area contributed by atoms with E-state index >= 15 is 0 Å². The van der Waals surface area contributed by atoms with Crippen molar-refractivity contribution in [2.45, 2.75) is 84.6 Å². The van der Waals surface area contributed by atoms with E-state index in [2.05, 4.69) is 25.1 Å². The van der Waals surface area contributed by atoms with E-state index in [0.717, 1.165) is 0 Å². The molecule has 0 saturated carbocycles. The number of carbonyl (C=O) groups excluding carboxylic acids is 2. The highest BCUT2D eigenvalue weighted by Crippen LogP contribution is 2.45. The van der Waals surface area contributed by atoms with E-state index in [1.165, 1.54) is 17.8 Å². The molecule has 1 unspecified atom stereocenters. The molecule has 6 atom stereocenters. The van der Waals surface area contributed by atoms with Crippen LogP contribution < -0.4 is 20.8 Å². The van der Waals surface area contributed by atoms with Gasteiger partial charge in [0.05, 0.1) is 39.4 Å². The lowest BCUT2D eigenvalue weighted by molar-refractivity contribution is -0.146. The number of nitrogen functional groups attached to an aromatic ring is 1. The van der Waals surface area contributed by atoms with Crippen molar-refractivity contribution in [1.82, 2.24) is 29.7 Å². The molecule has 0 amide bonds. The monoisotopic (exact) mass is 700 g/mol. The topological polar surface area (TPSA) is 235 Å². The Morgan fingerprint density at radius 2 is 1.65 bits per heavy atom. The fourth-order valence-electron chi connectivity index (χ4n) is 5.53. The van der Waals surface area contributed by atoms with Crippen molar-refractivity contribution in [3.05, 3.63) is 6.33 Å². The largest absolute Gasteiger partial charge is 0.465 e. The molecule has 6 N–H and O–H groups in total. The molecule has 270 valence electrons. The quantitative estimate of drug-likeness (QED) is 0.127. The fourth-order valence-corrected chi connectivity index (χ4v) is 7.65. The molecule has 2 saturated heterocycles. The minimum Gasteiger partial charge on any atom is -0.465 e. The smallest absolute Gasteiger partial charge is 0.342 e. The lowest BCUT2D eigenvalue weighted by atomic mass is 9.96. The predicted octanol–water partition coefficient (Wildman–Crippen LogP) is 0.734. The fraction of sp³-hybridized carbons (Fsp3) is 0.759. The third-order valence-electron chi connectivity index (χ3n) is 8.19. The number of fused-ring (bicyclic) bond motifs is 1. The second kappa shape index (κ2) is 15.7. The Balaban J connectivity index is 1.62. The van der Waals surface area contributed by atoms with Gasteiger partial charge >= 0.3 is 19.6 Å². The number of aromatic nitrogens is 4. The van der Waals surface area contributed by atoms with Crippen LogP contribution in [0, 0.1) is 11.8 Å². The first-order valence-corrected chi connectivity index (χ1v) is 17.8. The second-order valence-electron chi connectivity index (χ2n) is 12.6. The maximum absolute atomic E-state index is 14.5. The van der Waals surface area contributed by atoms with Gasteiger partial charge in [0, 0.05) is 13.1 Å². The minimum absolute atomic E-state index is 0.0236. The summed E-state index contributed by atoms with van der Waals surface area (Å²) in [5.74, 6) is -1.65. The number of imidazole rings is 1. The van der Waals surface area contributed by atoms with E-state index in [9.17, 15) is 24.4 Å². The Labute approximate surface area is 279 Å². The van der Waals surface area contributed by atoms with E-state index in [0.29, 0.717) is 37.6 Å². The maximum atomic E-state index is 14.5. The van der Waals surface area contributed by atoms with Crippen LogP contribution in [0.4, 0.5) is 11.8 Å². The highest BCUT2D eigenvalue weighted by molar-refractivity contribution is 7.54. The van der Waals surface area contributed by atoms with Gasteiger partial charge in [-0.3, -0.25) is 18.7 Å². The highest BCUT2D eigenvalue weighted by atomic mass is 31.2. The average molecular weight is 701 g/mol. The van der Waals surface area contributed by atoms with Gasteiger partial charge in [-0.2, -0.15) is 9.97 Å². The van der Waals surface area contributed by atoms with Gasteiger partial charge in [-0.25, -0.2) is 15.2 Å². The molecule has 2 aliphatic rings. The molecule has 0 aliphatic carbocycles. The van der Waals surface area contributed by atoms with E-state index in [4.69, 9.17) is 29.2 Å². The molecule has 0 aromatic carbocycles. The molecule has 0 spiro atoms. The summed E-state index contributed by atoms with van der Waals surface area (Å²) in [4.78, 5) is 40.9. The van der Waals surface area contributed by atoms with Crippen molar-refractivity contribution in [3.63, 3.8) is 0 Å². The number of nitrogens with two attached hydrogens (primary N) is 1. The SMILES string of the molecule is CCOC(=O)[C@@H](NP(=O)(N[C@H](C(=O)OCC)C(C)C)OC[C@H]1O[C@@H](n2cnc3c(N4CCOCC4)nc(N)nc32)[C@@](C)(O)C1O)C(C)C. The molecular formula is C29H49N8O10P. The summed E-state index contributed by atoms with van der Waals surface area (Å²) in [6.07, 6.45) is -2.62. The molecule has 4 rings (SSSR count). The lowest BCUT2D eigenvalue weighted by Crippen LogP contribution is -2.49. The van der Waals surface area contributed by atoms with Gasteiger partial charge in [0.2, 0.25) is 5.95 Å². The van der Waals surface area contributed by atoms with Crippen LogP contribution in [0.3, 0.4) is 0 Å². The van der Waals surface area contributed by atoms with Crippen LogP contribution in [0.2, 0.25) is 0 Å². The number of nitrogens with zero attached hydrogens (tertiary/aromatic N) is 5. The molecule has 0 radical (unpaired) electrons. The van der Waals surface area contributed by atoms with Gasteiger partial charge in [0.25, 0.3) is 0 Å². The van der Waals surface area contributed by atoms with E-state index in [-0.39, 0.29) is 24.8 Å². The van der Waals surface area contributed by atoms with Crippen LogP contribution >= 0.6 is 7.67 Å². The minimum atomic E-state index is -4.31. The van der Waals surface area contributed by atoms with E-state index < -0.39 is 74.2 Å². The summed E-state index contributed by atoms with van der Waals surface area (Å²) < 4.78 is 43.8. The van der Waals surface area contributed by atoms with Crippen LogP contribution in [0.5, 0.6) is 0 Å². The van der Waals surface area contributed by atoms with Crippen molar-refractivity contribution in [3.8, 4) is 0 Å². The van der Waals surface area contributed by atoms with Crippen LogP contribution in [-0.2, 0) is 37.6 Å². The lowest BCUT2D eigenvalue weighted by Gasteiger charge is -2.31. The molecule has 0 bridgehead atoms. The van der Waals surface area contributed by atoms with Gasteiger partial charge in [0.1, 0.15) is 29.9 Å². The normalized spacial score (nSPS) is 24.7. The van der Waals surface area contributed by atoms with Crippen LogP contribution in [0.25, 0.3) is 11.2 Å². The number of hydrogen-bond donors (Lipinski definition) is 5. The molecule has 19 heteroatoms. The zero-order chi connectivity index (χ0) is 35.4. The van der Waals surface area contributed by atoms with Crippen LogP contribution in [-0.4, -0.2) is 118 Å². The van der Waals surface area contributed by atoms with Crippen molar-refractivity contribution >= 4 is 42.5 Å². The molecule has 4 heterocycles. The number of carbonyl (C=O) groups is 2. The van der Waals surface area contributed by atoms with Gasteiger partial charge in [-0.1, -0.05) is 27.7 Å². The Kier molecular flexibility index (Phi) is 12.4. The van der Waals surface area contributed by atoms with Gasteiger partial charge in [-0.15, -0.1) is 0 Å². The second-order valence-corrected chi connectivity index (χ2v) is 14.5. The van der Waals surface area contributed by atoms with E-state index in [1.54, 1.807) is 41.5 Å². The maximum Gasteiger partial charge on any atom is 0.342 e. The summed E-state index contributed by atoms with van der Waals surface area (Å²) in [5, 5.41) is 28.3. The summed E-state index contributed by atoms with van der Waals surface area (Å²) in [6.45, 7) is 13.4. The Hall–Kier alpha value is -2.96. The number of esters is 2. The summed E-state index contributed by atoms with van der Waals surface area (Å²) in [7, 11) is -4.31. The Bertz CT molecular complexity index is 1430. The van der Waals surface area contributed by atoms with Crippen molar-refractivity contribution in [2.24, 2.45) is 11.8 Å². The third kappa shape index (κ3) is 8.25. The van der Waals surface area contributed by atoms with Gasteiger partial charge < -0.3 is 44.3 Å². The highest BCUT2D eigenvalue weighted by Gasteiger charge is 2.54. The number of aliphatic hydroxyl groups is 2. The predicted molar refractivity (Wildman–Crippen MR) is 174 cm³/mol. The number of rotatable bonds is 15. The molecule has 2 aromatic heterocycles. The number of nitrogens with one attached hydrogen (secondary N) is 2. The first kappa shape index (κ1) is 37.9. The number of aliphatic hydroxyl groups excluding tert-OH is 1. The standard InChI is InChI=1S/C29H49N8O10P/c1-8-44-25(39)19(16(3)4)34-48(42,35-20(17(5)6)26(40)45-9-2)46-14-18-22(38)29(7,41)27(47-18)37-15-31-21-23(32-28(30)33-24(21)37)36-10-12-43-13-11-36/h15-20,22,27,38,41H,8-14H2,1-7H3,(H2,30,32,33)(H2,34,35,42)/t18-,19+,20+,22?,27-,29+/m1/s1. The third-order valence-corrected chi connectivity index (χ3v) is 9.94. The number of anilines is 2. The summed E-state index contributed by atoms with van der Waals surface area (Å²) in [5.41, 5.74) is 4.84. The molecule has 18 nitrogen and oxygen atoms in total. The van der Waals surface area contributed by atoms with E-state index in [1.807, 2.05) is 4.90 Å². The Morgan fingerprint density at radius 1 is 1.08 bits per heavy atom. The summed E-state index contributed by atoms with van der Waals surface area (Å²) >= 11 is 0. The molecule has 2 aromatic rings. The zero-order valence-corrected chi connectivity index (χ0v) is 29.4. The Morgan fingerprint density at radius 3 is 2.17 bits per heavy atom. The molecule has 48 heavy (non-hydrogen) atoms. The van der Waals surface area contributed by atoms with Gasteiger partial charge in [0.15, 0.2) is 23.2 Å². The first-order chi connectivity index (χ1) is 22.6. The number of morpholine rings is 1. The van der Waals surface area contributed by atoms with Crippen molar-refractivity contribution in [1.29, 1.82) is 0 Å². The molecule has 2 aliphatic heterocycles. The zero-order valence-electron chi connectivity index (χ0n) is 28.5. The van der Waals surface area contributed by atoms with Crippen molar-refractivity contribution in [2.75, 3.05) is 56.8 Å². The first-order valence-electron chi connectivity index (χ1n) is 16.2. The summed E-state index contributed by atoms with van der Waals surface area (Å²) in [6, 6.07) is -2.18. The van der Waals surface area contributed by atoms with Gasteiger partial charge in [-0.05, 0) is 32.6 Å². The van der Waals surface area contributed by atoms with Crippen molar-refractivity contribution < 1.29 is 47.8 Å².